The van der Waals surface area contributed by atoms with Gasteiger partial charge in [0.15, 0.2) is 5.78 Å². The zero-order chi connectivity index (χ0) is 12.7. The summed E-state index contributed by atoms with van der Waals surface area (Å²) in [6.07, 6.45) is 0.408. The van der Waals surface area contributed by atoms with Crippen molar-refractivity contribution in [2.75, 3.05) is 19.6 Å². The number of Topliss-reactive ketones (excluding diaryl/α,β-unsaturated/α-hetero) is 1. The fourth-order valence-corrected chi connectivity index (χ4v) is 1.60. The third-order valence-electron chi connectivity index (χ3n) is 2.58. The van der Waals surface area contributed by atoms with E-state index < -0.39 is 0 Å². The fraction of sp³-hybridized carbons (Fsp3) is 0.385. The van der Waals surface area contributed by atoms with Gasteiger partial charge in [-0.1, -0.05) is 37.3 Å². The van der Waals surface area contributed by atoms with Crippen molar-refractivity contribution in [2.45, 2.75) is 13.3 Å². The molecule has 0 aliphatic carbocycles. The van der Waals surface area contributed by atoms with Crippen LogP contribution in [-0.2, 0) is 4.79 Å². The Hall–Kier alpha value is -1.68. The molecule has 0 radical (unpaired) electrons. The van der Waals surface area contributed by atoms with Crippen molar-refractivity contribution >= 4 is 11.7 Å². The maximum absolute atomic E-state index is 11.8. The Bertz CT molecular complexity index is 376. The van der Waals surface area contributed by atoms with Gasteiger partial charge in [0.05, 0.1) is 6.54 Å². The summed E-state index contributed by atoms with van der Waals surface area (Å²) in [6, 6.07) is 9.16. The number of likely N-dealkylation sites (N-methyl/N-ethyl adjacent to an activating group) is 1. The first-order valence-corrected chi connectivity index (χ1v) is 5.72. The highest BCUT2D eigenvalue weighted by Crippen LogP contribution is 2.03. The molecular formula is C13H18N2O2. The molecule has 4 nitrogen and oxygen atoms in total. The number of primary amides is 1. The summed E-state index contributed by atoms with van der Waals surface area (Å²) in [5, 5.41) is 0. The average molecular weight is 234 g/mol. The molecule has 0 aliphatic heterocycles. The van der Waals surface area contributed by atoms with E-state index in [-0.39, 0.29) is 18.2 Å². The van der Waals surface area contributed by atoms with Crippen LogP contribution in [0.4, 0.5) is 0 Å². The summed E-state index contributed by atoms with van der Waals surface area (Å²) in [5.41, 5.74) is 5.83. The lowest BCUT2D eigenvalue weighted by Crippen LogP contribution is -2.35. The highest BCUT2D eigenvalue weighted by Gasteiger charge is 2.10. The molecule has 0 saturated carbocycles. The van der Waals surface area contributed by atoms with E-state index in [4.69, 9.17) is 5.73 Å². The first kappa shape index (κ1) is 13.4. The van der Waals surface area contributed by atoms with E-state index in [1.165, 1.54) is 0 Å². The molecule has 4 heteroatoms. The number of benzene rings is 1. The van der Waals surface area contributed by atoms with Crippen LogP contribution in [0.2, 0.25) is 0 Å². The Morgan fingerprint density at radius 2 is 1.88 bits per heavy atom. The Labute approximate surface area is 101 Å². The van der Waals surface area contributed by atoms with Crippen LogP contribution in [0.3, 0.4) is 0 Å². The van der Waals surface area contributed by atoms with E-state index in [0.29, 0.717) is 25.1 Å². The smallest absolute Gasteiger partial charge is 0.231 e. The van der Waals surface area contributed by atoms with Crippen LogP contribution in [0, 0.1) is 0 Å². The SMILES string of the molecule is CCN(CCC(=O)c1ccccc1)CC(N)=O. The second-order valence-corrected chi connectivity index (χ2v) is 3.87. The first-order valence-electron chi connectivity index (χ1n) is 5.72. The van der Waals surface area contributed by atoms with Gasteiger partial charge in [0.2, 0.25) is 5.91 Å². The molecule has 1 aromatic rings. The summed E-state index contributed by atoms with van der Waals surface area (Å²) in [6.45, 7) is 3.42. The van der Waals surface area contributed by atoms with Gasteiger partial charge in [0, 0.05) is 18.5 Å². The average Bonchev–Trinajstić information content (AvgIpc) is 2.34. The van der Waals surface area contributed by atoms with Gasteiger partial charge in [-0.2, -0.15) is 0 Å². The molecule has 1 aromatic carbocycles. The highest BCUT2D eigenvalue weighted by atomic mass is 16.1. The molecule has 0 bridgehead atoms. The normalized spacial score (nSPS) is 10.5. The fourth-order valence-electron chi connectivity index (χ4n) is 1.60. The predicted octanol–water partition coefficient (Wildman–Crippen LogP) is 1.07. The van der Waals surface area contributed by atoms with E-state index >= 15 is 0 Å². The second-order valence-electron chi connectivity index (χ2n) is 3.87. The number of hydrogen-bond acceptors (Lipinski definition) is 3. The Balaban J connectivity index is 2.44. The van der Waals surface area contributed by atoms with Crippen LogP contribution in [0.15, 0.2) is 30.3 Å². The van der Waals surface area contributed by atoms with E-state index in [9.17, 15) is 9.59 Å². The minimum atomic E-state index is -0.362. The minimum Gasteiger partial charge on any atom is -0.369 e. The number of rotatable bonds is 7. The van der Waals surface area contributed by atoms with Crippen molar-refractivity contribution < 1.29 is 9.59 Å². The van der Waals surface area contributed by atoms with E-state index in [1.54, 1.807) is 12.1 Å². The summed E-state index contributed by atoms with van der Waals surface area (Å²) in [5.74, 6) is -0.271. The van der Waals surface area contributed by atoms with Gasteiger partial charge in [-0.3, -0.25) is 14.5 Å². The quantitative estimate of drug-likeness (QED) is 0.718. The molecule has 0 unspecified atom stereocenters. The molecule has 0 aromatic heterocycles. The lowest BCUT2D eigenvalue weighted by Gasteiger charge is -2.17. The van der Waals surface area contributed by atoms with E-state index in [1.807, 2.05) is 30.0 Å². The maximum atomic E-state index is 11.8. The van der Waals surface area contributed by atoms with Gasteiger partial charge < -0.3 is 5.73 Å². The number of hydrogen-bond donors (Lipinski definition) is 1. The summed E-state index contributed by atoms with van der Waals surface area (Å²) >= 11 is 0. The predicted molar refractivity (Wildman–Crippen MR) is 66.7 cm³/mol. The third-order valence-corrected chi connectivity index (χ3v) is 2.58. The zero-order valence-electron chi connectivity index (χ0n) is 10.1. The molecule has 1 amide bonds. The monoisotopic (exact) mass is 234 g/mol. The molecule has 2 N–H and O–H groups in total. The largest absolute Gasteiger partial charge is 0.369 e. The van der Waals surface area contributed by atoms with Gasteiger partial charge in [0.25, 0.3) is 0 Å². The van der Waals surface area contributed by atoms with Crippen molar-refractivity contribution in [1.82, 2.24) is 4.90 Å². The van der Waals surface area contributed by atoms with Crippen molar-refractivity contribution in [1.29, 1.82) is 0 Å². The van der Waals surface area contributed by atoms with Gasteiger partial charge in [-0.15, -0.1) is 0 Å². The van der Waals surface area contributed by atoms with Gasteiger partial charge >= 0.3 is 0 Å². The zero-order valence-corrected chi connectivity index (χ0v) is 10.1. The Morgan fingerprint density at radius 3 is 2.41 bits per heavy atom. The molecule has 0 spiro atoms. The number of carbonyl (C=O) groups excluding carboxylic acids is 2. The number of carbonyl (C=O) groups is 2. The standard InChI is InChI=1S/C13H18N2O2/c1-2-15(10-13(14)17)9-8-12(16)11-6-4-3-5-7-11/h3-7H,2,8-10H2,1H3,(H2,14,17). The molecule has 92 valence electrons. The second kappa shape index (κ2) is 6.81. The van der Waals surface area contributed by atoms with Gasteiger partial charge in [0.1, 0.15) is 0 Å². The number of ketones is 1. The van der Waals surface area contributed by atoms with Crippen LogP contribution in [-0.4, -0.2) is 36.2 Å². The molecule has 0 saturated heterocycles. The van der Waals surface area contributed by atoms with Crippen molar-refractivity contribution in [3.8, 4) is 0 Å². The van der Waals surface area contributed by atoms with Crippen LogP contribution in [0.25, 0.3) is 0 Å². The topological polar surface area (TPSA) is 63.4 Å². The minimum absolute atomic E-state index is 0.0912. The number of nitrogens with two attached hydrogens (primary N) is 1. The Morgan fingerprint density at radius 1 is 1.24 bits per heavy atom. The van der Waals surface area contributed by atoms with Crippen LogP contribution < -0.4 is 5.73 Å². The van der Waals surface area contributed by atoms with Crippen molar-refractivity contribution in [2.24, 2.45) is 5.73 Å². The highest BCUT2D eigenvalue weighted by molar-refractivity contribution is 5.96. The van der Waals surface area contributed by atoms with Crippen molar-refractivity contribution in [3.05, 3.63) is 35.9 Å². The van der Waals surface area contributed by atoms with Crippen molar-refractivity contribution in [3.63, 3.8) is 0 Å². The van der Waals surface area contributed by atoms with E-state index in [2.05, 4.69) is 0 Å². The number of nitrogens with zero attached hydrogens (tertiary/aromatic N) is 1. The molecule has 17 heavy (non-hydrogen) atoms. The summed E-state index contributed by atoms with van der Waals surface area (Å²) in [7, 11) is 0. The summed E-state index contributed by atoms with van der Waals surface area (Å²) in [4.78, 5) is 24.5. The molecule has 1 rings (SSSR count). The van der Waals surface area contributed by atoms with Gasteiger partial charge in [-0.05, 0) is 6.54 Å². The molecule has 0 fully saturated rings. The van der Waals surface area contributed by atoms with Crippen LogP contribution in [0.1, 0.15) is 23.7 Å². The first-order chi connectivity index (χ1) is 8.13. The molecule has 0 heterocycles. The number of amides is 1. The lowest BCUT2D eigenvalue weighted by molar-refractivity contribution is -0.119. The molecular weight excluding hydrogens is 216 g/mol. The van der Waals surface area contributed by atoms with E-state index in [0.717, 1.165) is 0 Å². The third kappa shape index (κ3) is 4.78. The maximum Gasteiger partial charge on any atom is 0.231 e. The lowest BCUT2D eigenvalue weighted by atomic mass is 10.1. The molecule has 0 atom stereocenters. The Kier molecular flexibility index (Phi) is 5.36. The van der Waals surface area contributed by atoms with Crippen LogP contribution >= 0.6 is 0 Å². The van der Waals surface area contributed by atoms with Gasteiger partial charge in [-0.25, -0.2) is 0 Å². The van der Waals surface area contributed by atoms with Crippen LogP contribution in [0.5, 0.6) is 0 Å². The summed E-state index contributed by atoms with van der Waals surface area (Å²) < 4.78 is 0. The molecule has 0 aliphatic rings.